The Balaban J connectivity index is 1.78. The first-order valence-electron chi connectivity index (χ1n) is 10.9. The molecule has 0 saturated carbocycles. The zero-order chi connectivity index (χ0) is 23.6. The minimum atomic E-state index is -3.62. The van der Waals surface area contributed by atoms with Crippen LogP contribution in [0.15, 0.2) is 42.5 Å². The lowest BCUT2D eigenvalue weighted by atomic mass is 10.1. The maximum Gasteiger partial charge on any atom is 0.167 e. The van der Waals surface area contributed by atoms with Crippen molar-refractivity contribution in [2.45, 2.75) is 43.8 Å². The monoisotopic (exact) mass is 471 g/mol. The number of aromatic nitrogens is 3. The summed E-state index contributed by atoms with van der Waals surface area (Å²) >= 11 is 0. The molecule has 2 heterocycles. The Morgan fingerprint density at radius 3 is 2.64 bits per heavy atom. The van der Waals surface area contributed by atoms with Crippen LogP contribution < -0.4 is 9.47 Å². The molecule has 0 bridgehead atoms. The zero-order valence-electron chi connectivity index (χ0n) is 19.3. The maximum atomic E-state index is 13.5. The second kappa shape index (κ2) is 9.52. The molecule has 0 N–H and O–H groups in total. The van der Waals surface area contributed by atoms with Gasteiger partial charge in [-0.25, -0.2) is 8.42 Å². The van der Waals surface area contributed by atoms with E-state index in [1.165, 1.54) is 0 Å². The Bertz CT molecular complexity index is 1230. The number of methoxy groups -OCH3 is 2. The van der Waals surface area contributed by atoms with Gasteiger partial charge >= 0.3 is 0 Å². The lowest BCUT2D eigenvalue weighted by Crippen LogP contribution is -2.18. The molecule has 4 rings (SSSR count). The van der Waals surface area contributed by atoms with Crippen LogP contribution in [0, 0.1) is 6.92 Å². The lowest BCUT2D eigenvalue weighted by Gasteiger charge is -2.19. The molecule has 0 radical (unpaired) electrons. The molecule has 1 fully saturated rings. The molecule has 33 heavy (non-hydrogen) atoms. The fourth-order valence-electron chi connectivity index (χ4n) is 4.15. The van der Waals surface area contributed by atoms with Crippen LogP contribution in [0.1, 0.15) is 53.9 Å². The molecule has 9 heteroatoms. The molecule has 2 aromatic carbocycles. The number of ether oxygens (including phenoxy) is 3. The van der Waals surface area contributed by atoms with Crippen molar-refractivity contribution in [3.8, 4) is 17.2 Å². The largest absolute Gasteiger partial charge is 0.497 e. The van der Waals surface area contributed by atoms with Gasteiger partial charge in [-0.1, -0.05) is 24.3 Å². The summed E-state index contributed by atoms with van der Waals surface area (Å²) in [4.78, 5) is 0. The van der Waals surface area contributed by atoms with E-state index >= 15 is 0 Å². The summed E-state index contributed by atoms with van der Waals surface area (Å²) in [7, 11) is -0.474. The van der Waals surface area contributed by atoms with Crippen molar-refractivity contribution in [2.24, 2.45) is 0 Å². The lowest BCUT2D eigenvalue weighted by molar-refractivity contribution is 0.103. The average molecular weight is 472 g/mol. The van der Waals surface area contributed by atoms with Gasteiger partial charge < -0.3 is 14.2 Å². The molecule has 1 aliphatic heterocycles. The van der Waals surface area contributed by atoms with E-state index in [1.54, 1.807) is 50.0 Å². The van der Waals surface area contributed by atoms with E-state index in [1.807, 2.05) is 25.1 Å². The molecule has 1 saturated heterocycles. The molecule has 0 spiro atoms. The van der Waals surface area contributed by atoms with Gasteiger partial charge in [0, 0.05) is 6.61 Å². The van der Waals surface area contributed by atoms with Crippen LogP contribution in [-0.4, -0.2) is 44.0 Å². The second-order valence-corrected chi connectivity index (χ2v) is 10.5. The van der Waals surface area contributed by atoms with Gasteiger partial charge in [0.25, 0.3) is 0 Å². The van der Waals surface area contributed by atoms with Gasteiger partial charge in [-0.2, -0.15) is 0 Å². The Kier molecular flexibility index (Phi) is 6.71. The average Bonchev–Trinajstić information content (AvgIpc) is 3.48. The number of para-hydroxylation sites is 1. The van der Waals surface area contributed by atoms with Crippen molar-refractivity contribution in [3.05, 3.63) is 65.2 Å². The van der Waals surface area contributed by atoms with Crippen LogP contribution in [0.3, 0.4) is 0 Å². The van der Waals surface area contributed by atoms with Crippen LogP contribution in [0.25, 0.3) is 5.69 Å². The Hall–Kier alpha value is -2.91. The first kappa shape index (κ1) is 23.3. The third-order valence-electron chi connectivity index (χ3n) is 6.05. The third kappa shape index (κ3) is 4.60. The molecule has 176 valence electrons. The van der Waals surface area contributed by atoms with Crippen molar-refractivity contribution in [1.82, 2.24) is 14.8 Å². The Morgan fingerprint density at radius 2 is 1.94 bits per heavy atom. The number of sulfone groups is 1. The van der Waals surface area contributed by atoms with Crippen LogP contribution in [0.2, 0.25) is 0 Å². The van der Waals surface area contributed by atoms with E-state index in [4.69, 9.17) is 14.2 Å². The first-order valence-corrected chi connectivity index (χ1v) is 12.6. The van der Waals surface area contributed by atoms with Crippen molar-refractivity contribution in [3.63, 3.8) is 0 Å². The Labute approximate surface area is 194 Å². The molecule has 1 aliphatic rings. The van der Waals surface area contributed by atoms with Crippen LogP contribution >= 0.6 is 0 Å². The van der Waals surface area contributed by atoms with E-state index in [0.29, 0.717) is 35.3 Å². The van der Waals surface area contributed by atoms with Gasteiger partial charge in [0.2, 0.25) is 0 Å². The van der Waals surface area contributed by atoms with Gasteiger partial charge in [-0.05, 0) is 56.0 Å². The van der Waals surface area contributed by atoms with Gasteiger partial charge in [0.05, 0.1) is 25.2 Å². The van der Waals surface area contributed by atoms with E-state index in [2.05, 4.69) is 10.2 Å². The van der Waals surface area contributed by atoms with Crippen molar-refractivity contribution in [1.29, 1.82) is 0 Å². The van der Waals surface area contributed by atoms with Crippen LogP contribution in [0.4, 0.5) is 0 Å². The van der Waals surface area contributed by atoms with E-state index in [-0.39, 0.29) is 11.9 Å². The standard InChI is InChI=1S/C24H29N3O5S/c1-16-8-5-11-20(31-4)23(16)27-22(25-26-24(27)21-12-7-13-32-21)15-33(28,29)17(2)18-9-6-10-19(14-18)30-3/h5-6,8-11,14,17,21H,7,12-13,15H2,1-4H3/t17-,21+/m0/s1. The topological polar surface area (TPSA) is 92.5 Å². The summed E-state index contributed by atoms with van der Waals surface area (Å²) in [6, 6.07) is 12.8. The van der Waals surface area contributed by atoms with Crippen molar-refractivity contribution >= 4 is 9.84 Å². The minimum Gasteiger partial charge on any atom is -0.497 e. The van der Waals surface area contributed by atoms with Crippen LogP contribution in [-0.2, 0) is 20.3 Å². The fraction of sp³-hybridized carbons (Fsp3) is 0.417. The van der Waals surface area contributed by atoms with Crippen molar-refractivity contribution < 1.29 is 22.6 Å². The predicted octanol–water partition coefficient (Wildman–Crippen LogP) is 4.12. The highest BCUT2D eigenvalue weighted by Gasteiger charge is 2.32. The van der Waals surface area contributed by atoms with E-state index < -0.39 is 15.1 Å². The number of benzene rings is 2. The molecule has 0 aliphatic carbocycles. The Morgan fingerprint density at radius 1 is 1.15 bits per heavy atom. The smallest absolute Gasteiger partial charge is 0.167 e. The number of hydrogen-bond donors (Lipinski definition) is 0. The van der Waals surface area contributed by atoms with Gasteiger partial charge in [-0.3, -0.25) is 4.57 Å². The minimum absolute atomic E-state index is 0.242. The van der Waals surface area contributed by atoms with Crippen LogP contribution in [0.5, 0.6) is 11.5 Å². The molecular formula is C24H29N3O5S. The molecule has 1 aromatic heterocycles. The summed E-state index contributed by atoms with van der Waals surface area (Å²) < 4.78 is 45.5. The number of rotatable bonds is 8. The summed E-state index contributed by atoms with van der Waals surface area (Å²) in [5.41, 5.74) is 2.32. The first-order chi connectivity index (χ1) is 15.9. The summed E-state index contributed by atoms with van der Waals surface area (Å²) in [6.45, 7) is 4.28. The molecule has 0 unspecified atom stereocenters. The maximum absolute atomic E-state index is 13.5. The van der Waals surface area contributed by atoms with Gasteiger partial charge in [0.15, 0.2) is 21.5 Å². The summed E-state index contributed by atoms with van der Waals surface area (Å²) in [6.07, 6.45) is 1.48. The second-order valence-electron chi connectivity index (χ2n) is 8.16. The fourth-order valence-corrected chi connectivity index (χ4v) is 5.51. The third-order valence-corrected chi connectivity index (χ3v) is 8.06. The molecule has 8 nitrogen and oxygen atoms in total. The molecule has 3 aromatic rings. The molecule has 2 atom stereocenters. The highest BCUT2D eigenvalue weighted by molar-refractivity contribution is 7.90. The van der Waals surface area contributed by atoms with Gasteiger partial charge in [0.1, 0.15) is 23.4 Å². The van der Waals surface area contributed by atoms with E-state index in [9.17, 15) is 8.42 Å². The quantitative estimate of drug-likeness (QED) is 0.488. The highest BCUT2D eigenvalue weighted by atomic mass is 32.2. The molecular weight excluding hydrogens is 442 g/mol. The summed E-state index contributed by atoms with van der Waals surface area (Å²) in [5, 5.41) is 7.96. The zero-order valence-corrected chi connectivity index (χ0v) is 20.1. The van der Waals surface area contributed by atoms with Crippen molar-refractivity contribution in [2.75, 3.05) is 20.8 Å². The number of hydrogen-bond acceptors (Lipinski definition) is 7. The summed E-state index contributed by atoms with van der Waals surface area (Å²) in [5.74, 6) is 1.89. The predicted molar refractivity (Wildman–Crippen MR) is 125 cm³/mol. The van der Waals surface area contributed by atoms with E-state index in [0.717, 1.165) is 24.1 Å². The number of nitrogens with zero attached hydrogens (tertiary/aromatic N) is 3. The number of aryl methyl sites for hydroxylation is 1. The normalized spacial score (nSPS) is 17.2. The highest BCUT2D eigenvalue weighted by Crippen LogP contribution is 2.35. The molecule has 0 amide bonds. The SMILES string of the molecule is COc1cccc([C@H](C)S(=O)(=O)Cc2nnc([C@H]3CCCO3)n2-c2c(C)cccc2OC)c1. The van der Waals surface area contributed by atoms with Gasteiger partial charge in [-0.15, -0.1) is 10.2 Å².